The third-order valence-electron chi connectivity index (χ3n) is 4.07. The van der Waals surface area contributed by atoms with Crippen LogP contribution in [0, 0.1) is 6.92 Å². The van der Waals surface area contributed by atoms with E-state index in [9.17, 15) is 18.0 Å². The highest BCUT2D eigenvalue weighted by molar-refractivity contribution is 7.91. The number of ether oxygens (including phenoxy) is 1. The number of benzene rings is 2. The highest BCUT2D eigenvalue weighted by atomic mass is 32.2. The van der Waals surface area contributed by atoms with Crippen LogP contribution in [0.1, 0.15) is 27.9 Å². The Morgan fingerprint density at radius 3 is 2.48 bits per heavy atom. The topological polar surface area (TPSA) is 102 Å². The minimum Gasteiger partial charge on any atom is -0.385 e. The van der Waals surface area contributed by atoms with Gasteiger partial charge >= 0.3 is 0 Å². The molecule has 0 aliphatic carbocycles. The van der Waals surface area contributed by atoms with Gasteiger partial charge in [-0.05, 0) is 43.2 Å². The van der Waals surface area contributed by atoms with Crippen molar-refractivity contribution in [2.75, 3.05) is 31.3 Å². The van der Waals surface area contributed by atoms with Crippen molar-refractivity contribution in [2.45, 2.75) is 19.1 Å². The minimum atomic E-state index is -3.69. The lowest BCUT2D eigenvalue weighted by molar-refractivity contribution is -0.113. The lowest BCUT2D eigenvalue weighted by Gasteiger charge is -2.09. The van der Waals surface area contributed by atoms with E-state index >= 15 is 0 Å². The highest BCUT2D eigenvalue weighted by Crippen LogP contribution is 2.12. The number of aryl methyl sites for hydroxylation is 1. The van der Waals surface area contributed by atoms with E-state index in [2.05, 4.69) is 10.6 Å². The second-order valence-electron chi connectivity index (χ2n) is 6.75. The second kappa shape index (κ2) is 10.7. The average molecular weight is 419 g/mol. The van der Waals surface area contributed by atoms with E-state index in [1.807, 2.05) is 19.1 Å². The molecule has 2 N–H and O–H groups in total. The quantitative estimate of drug-likeness (QED) is 0.577. The van der Waals surface area contributed by atoms with Crippen LogP contribution in [0.4, 0.5) is 5.69 Å². The number of rotatable bonds is 10. The van der Waals surface area contributed by atoms with Gasteiger partial charge in [-0.1, -0.05) is 29.8 Å². The molecule has 0 fully saturated rings. The van der Waals surface area contributed by atoms with Crippen molar-refractivity contribution in [2.24, 2.45) is 0 Å². The molecule has 0 unspecified atom stereocenters. The number of carbonyl (C=O) groups excluding carboxylic acids is 2. The van der Waals surface area contributed by atoms with E-state index < -0.39 is 21.5 Å². The van der Waals surface area contributed by atoms with Crippen LogP contribution in [0.25, 0.3) is 0 Å². The standard InChI is InChI=1S/C21H26N2O5S/c1-16-7-9-19(10-8-16)23-20(24)15-29(26,27)14-17-5-3-6-18(13-17)21(25)22-11-4-12-28-2/h3,5-10,13H,4,11-12,14-15H2,1-2H3,(H,22,25)(H,23,24). The maximum atomic E-state index is 12.4. The molecular formula is C21H26N2O5S. The van der Waals surface area contributed by atoms with Gasteiger partial charge in [0.1, 0.15) is 5.75 Å². The SMILES string of the molecule is COCCCNC(=O)c1cccc(CS(=O)(=O)CC(=O)Nc2ccc(C)cc2)c1. The monoisotopic (exact) mass is 418 g/mol. The molecule has 2 amide bonds. The van der Waals surface area contributed by atoms with Crippen LogP contribution < -0.4 is 10.6 Å². The summed E-state index contributed by atoms with van der Waals surface area (Å²) >= 11 is 0. The van der Waals surface area contributed by atoms with Gasteiger partial charge in [0.25, 0.3) is 5.91 Å². The zero-order valence-corrected chi connectivity index (χ0v) is 17.4. The van der Waals surface area contributed by atoms with Gasteiger partial charge in [0.2, 0.25) is 5.91 Å². The van der Waals surface area contributed by atoms with Gasteiger partial charge < -0.3 is 15.4 Å². The average Bonchev–Trinajstić information content (AvgIpc) is 2.66. The summed E-state index contributed by atoms with van der Waals surface area (Å²) in [5, 5.41) is 5.34. The number of hydrogen-bond donors (Lipinski definition) is 2. The van der Waals surface area contributed by atoms with Gasteiger partial charge in [0.05, 0.1) is 5.75 Å². The van der Waals surface area contributed by atoms with Crippen molar-refractivity contribution < 1.29 is 22.7 Å². The van der Waals surface area contributed by atoms with Crippen molar-refractivity contribution in [3.63, 3.8) is 0 Å². The lowest BCUT2D eigenvalue weighted by atomic mass is 10.1. The first kappa shape index (κ1) is 22.6. The Hall–Kier alpha value is -2.71. The third kappa shape index (κ3) is 8.05. The number of nitrogens with one attached hydrogen (secondary N) is 2. The van der Waals surface area contributed by atoms with Gasteiger partial charge in [-0.15, -0.1) is 0 Å². The van der Waals surface area contributed by atoms with Gasteiger partial charge in [0, 0.05) is 31.5 Å². The smallest absolute Gasteiger partial charge is 0.251 e. The maximum absolute atomic E-state index is 12.4. The largest absolute Gasteiger partial charge is 0.385 e. The second-order valence-corrected chi connectivity index (χ2v) is 8.81. The Bertz CT molecular complexity index is 940. The van der Waals surface area contributed by atoms with E-state index in [0.717, 1.165) is 5.56 Å². The zero-order chi connectivity index (χ0) is 21.3. The fourth-order valence-electron chi connectivity index (χ4n) is 2.66. The fourth-order valence-corrected chi connectivity index (χ4v) is 3.92. The Morgan fingerprint density at radius 1 is 1.07 bits per heavy atom. The first-order valence-electron chi connectivity index (χ1n) is 9.22. The predicted octanol–water partition coefficient (Wildman–Crippen LogP) is 2.31. The molecule has 0 aliphatic rings. The molecule has 0 atom stereocenters. The molecule has 2 rings (SSSR count). The van der Waals surface area contributed by atoms with E-state index in [-0.39, 0.29) is 11.7 Å². The molecular weight excluding hydrogens is 392 g/mol. The summed E-state index contributed by atoms with van der Waals surface area (Å²) in [4.78, 5) is 24.3. The van der Waals surface area contributed by atoms with Gasteiger partial charge in [-0.3, -0.25) is 9.59 Å². The van der Waals surface area contributed by atoms with Gasteiger partial charge in [-0.2, -0.15) is 0 Å². The Labute approximate surface area is 171 Å². The summed E-state index contributed by atoms with van der Waals surface area (Å²) in [6, 6.07) is 13.5. The molecule has 0 aromatic heterocycles. The molecule has 0 saturated heterocycles. The molecule has 0 aliphatic heterocycles. The normalized spacial score (nSPS) is 11.1. The van der Waals surface area contributed by atoms with E-state index in [1.54, 1.807) is 37.4 Å². The van der Waals surface area contributed by atoms with Crippen LogP contribution in [-0.4, -0.2) is 46.2 Å². The summed E-state index contributed by atoms with van der Waals surface area (Å²) in [5.41, 5.74) is 2.41. The molecule has 0 spiro atoms. The van der Waals surface area contributed by atoms with E-state index in [1.165, 1.54) is 6.07 Å². The number of hydrogen-bond acceptors (Lipinski definition) is 5. The molecule has 8 heteroatoms. The Morgan fingerprint density at radius 2 is 1.79 bits per heavy atom. The van der Waals surface area contributed by atoms with E-state index in [0.29, 0.717) is 36.4 Å². The molecule has 0 saturated carbocycles. The fraction of sp³-hybridized carbons (Fsp3) is 0.333. The zero-order valence-electron chi connectivity index (χ0n) is 16.6. The summed E-state index contributed by atoms with van der Waals surface area (Å²) in [7, 11) is -2.10. The number of anilines is 1. The first-order chi connectivity index (χ1) is 13.8. The van der Waals surface area contributed by atoms with Crippen LogP contribution in [0.2, 0.25) is 0 Å². The Balaban J connectivity index is 1.94. The summed E-state index contributed by atoms with van der Waals surface area (Å²) in [6.07, 6.45) is 0.687. The molecule has 156 valence electrons. The molecule has 29 heavy (non-hydrogen) atoms. The highest BCUT2D eigenvalue weighted by Gasteiger charge is 2.18. The van der Waals surface area contributed by atoms with Crippen molar-refractivity contribution in [1.29, 1.82) is 0 Å². The maximum Gasteiger partial charge on any atom is 0.251 e. The van der Waals surface area contributed by atoms with Crippen LogP contribution in [0.15, 0.2) is 48.5 Å². The lowest BCUT2D eigenvalue weighted by Crippen LogP contribution is -2.26. The first-order valence-corrected chi connectivity index (χ1v) is 11.0. The van der Waals surface area contributed by atoms with Crippen LogP contribution in [-0.2, 0) is 25.1 Å². The summed E-state index contributed by atoms with van der Waals surface area (Å²) in [5.74, 6) is -1.83. The van der Waals surface area contributed by atoms with Gasteiger partial charge in [0.15, 0.2) is 9.84 Å². The van der Waals surface area contributed by atoms with Crippen molar-refractivity contribution in [1.82, 2.24) is 5.32 Å². The van der Waals surface area contributed by atoms with E-state index in [4.69, 9.17) is 4.74 Å². The number of carbonyl (C=O) groups is 2. The number of amides is 2. The molecule has 0 heterocycles. The minimum absolute atomic E-state index is 0.280. The molecule has 7 nitrogen and oxygen atoms in total. The molecule has 2 aromatic carbocycles. The predicted molar refractivity (Wildman–Crippen MR) is 113 cm³/mol. The third-order valence-corrected chi connectivity index (χ3v) is 5.55. The summed E-state index contributed by atoms with van der Waals surface area (Å²) in [6.45, 7) is 2.93. The Kier molecular flexibility index (Phi) is 8.35. The van der Waals surface area contributed by atoms with Crippen molar-refractivity contribution in [3.8, 4) is 0 Å². The van der Waals surface area contributed by atoms with Gasteiger partial charge in [-0.25, -0.2) is 8.42 Å². The van der Waals surface area contributed by atoms with Crippen molar-refractivity contribution in [3.05, 3.63) is 65.2 Å². The van der Waals surface area contributed by atoms with Crippen LogP contribution in [0.5, 0.6) is 0 Å². The molecule has 0 radical (unpaired) electrons. The van der Waals surface area contributed by atoms with Crippen molar-refractivity contribution >= 4 is 27.3 Å². The summed E-state index contributed by atoms with van der Waals surface area (Å²) < 4.78 is 29.7. The number of sulfone groups is 1. The molecule has 2 aromatic rings. The van der Waals surface area contributed by atoms with Crippen LogP contribution in [0.3, 0.4) is 0 Å². The number of methoxy groups -OCH3 is 1. The molecule has 0 bridgehead atoms. The van der Waals surface area contributed by atoms with Crippen LogP contribution >= 0.6 is 0 Å².